The van der Waals surface area contributed by atoms with E-state index in [2.05, 4.69) is 29.3 Å². The second-order valence-electron chi connectivity index (χ2n) is 5.18. The van der Waals surface area contributed by atoms with Gasteiger partial charge in [0.25, 0.3) is 0 Å². The van der Waals surface area contributed by atoms with Gasteiger partial charge in [0, 0.05) is 29.5 Å². The Morgan fingerprint density at radius 1 is 1.30 bits per heavy atom. The van der Waals surface area contributed by atoms with Crippen LogP contribution in [0.2, 0.25) is 5.02 Å². The van der Waals surface area contributed by atoms with Gasteiger partial charge < -0.3 is 5.11 Å². The highest BCUT2D eigenvalue weighted by Crippen LogP contribution is 2.20. The van der Waals surface area contributed by atoms with E-state index in [0.29, 0.717) is 6.54 Å². The summed E-state index contributed by atoms with van der Waals surface area (Å²) < 4.78 is 0. The standard InChI is InChI=1S/C16H20ClNOS/c1-12-6-7-20-16(12)11-18(9-13(2)19)10-14-4-3-5-15(17)8-14/h3-8,13,19H,9-11H2,1-2H3. The number of aryl methyl sites for hydroxylation is 1. The number of benzene rings is 1. The molecule has 2 aromatic rings. The van der Waals surface area contributed by atoms with Gasteiger partial charge in [-0.3, -0.25) is 4.90 Å². The highest BCUT2D eigenvalue weighted by molar-refractivity contribution is 7.10. The van der Waals surface area contributed by atoms with Crippen LogP contribution in [0.4, 0.5) is 0 Å². The van der Waals surface area contributed by atoms with Gasteiger partial charge in [-0.2, -0.15) is 0 Å². The third-order valence-electron chi connectivity index (χ3n) is 3.15. The molecular weight excluding hydrogens is 290 g/mol. The Balaban J connectivity index is 2.09. The van der Waals surface area contributed by atoms with Crippen molar-refractivity contribution in [3.8, 4) is 0 Å². The molecule has 2 nitrogen and oxygen atoms in total. The molecule has 0 radical (unpaired) electrons. The lowest BCUT2D eigenvalue weighted by atomic mass is 10.2. The zero-order valence-electron chi connectivity index (χ0n) is 11.8. The lowest BCUT2D eigenvalue weighted by Crippen LogP contribution is -2.30. The molecule has 4 heteroatoms. The zero-order valence-corrected chi connectivity index (χ0v) is 13.4. The van der Waals surface area contributed by atoms with E-state index in [-0.39, 0.29) is 6.10 Å². The van der Waals surface area contributed by atoms with Gasteiger partial charge in [-0.1, -0.05) is 23.7 Å². The molecule has 1 unspecified atom stereocenters. The normalized spacial score (nSPS) is 12.8. The Kier molecular flexibility index (Phi) is 5.61. The van der Waals surface area contributed by atoms with Gasteiger partial charge >= 0.3 is 0 Å². The summed E-state index contributed by atoms with van der Waals surface area (Å²) in [5.74, 6) is 0. The summed E-state index contributed by atoms with van der Waals surface area (Å²) >= 11 is 7.81. The van der Waals surface area contributed by atoms with E-state index in [1.165, 1.54) is 16.0 Å². The van der Waals surface area contributed by atoms with Crippen LogP contribution < -0.4 is 0 Å². The number of rotatable bonds is 6. The van der Waals surface area contributed by atoms with Crippen LogP contribution in [0.5, 0.6) is 0 Å². The Morgan fingerprint density at radius 3 is 2.70 bits per heavy atom. The molecule has 0 aliphatic rings. The number of hydrogen-bond donors (Lipinski definition) is 1. The molecule has 20 heavy (non-hydrogen) atoms. The summed E-state index contributed by atoms with van der Waals surface area (Å²) in [4.78, 5) is 3.61. The second-order valence-corrected chi connectivity index (χ2v) is 6.61. The number of hydrogen-bond acceptors (Lipinski definition) is 3. The van der Waals surface area contributed by atoms with Crippen LogP contribution >= 0.6 is 22.9 Å². The molecule has 1 N–H and O–H groups in total. The van der Waals surface area contributed by atoms with E-state index in [9.17, 15) is 5.11 Å². The van der Waals surface area contributed by atoms with E-state index in [4.69, 9.17) is 11.6 Å². The molecule has 0 bridgehead atoms. The first-order valence-electron chi connectivity index (χ1n) is 6.72. The molecular formula is C16H20ClNOS. The van der Waals surface area contributed by atoms with Crippen LogP contribution in [0.25, 0.3) is 0 Å². The average Bonchev–Trinajstić information content (AvgIpc) is 2.74. The minimum atomic E-state index is -0.338. The quantitative estimate of drug-likeness (QED) is 0.868. The number of nitrogens with zero attached hydrogens (tertiary/aromatic N) is 1. The highest BCUT2D eigenvalue weighted by atomic mass is 35.5. The number of halogens is 1. The summed E-state index contributed by atoms with van der Waals surface area (Å²) in [6.07, 6.45) is -0.338. The summed E-state index contributed by atoms with van der Waals surface area (Å²) in [7, 11) is 0. The third-order valence-corrected chi connectivity index (χ3v) is 4.40. The first-order valence-corrected chi connectivity index (χ1v) is 7.98. The van der Waals surface area contributed by atoms with Gasteiger partial charge in [0.15, 0.2) is 0 Å². The van der Waals surface area contributed by atoms with Crippen molar-refractivity contribution in [2.45, 2.75) is 33.0 Å². The molecule has 0 saturated heterocycles. The van der Waals surface area contributed by atoms with Crippen LogP contribution in [0.3, 0.4) is 0 Å². The van der Waals surface area contributed by atoms with E-state index >= 15 is 0 Å². The van der Waals surface area contributed by atoms with Crippen molar-refractivity contribution < 1.29 is 5.11 Å². The van der Waals surface area contributed by atoms with Crippen molar-refractivity contribution >= 4 is 22.9 Å². The van der Waals surface area contributed by atoms with E-state index < -0.39 is 0 Å². The molecule has 1 heterocycles. The first-order chi connectivity index (χ1) is 9.54. The molecule has 0 spiro atoms. The first kappa shape index (κ1) is 15.5. The number of aliphatic hydroxyl groups is 1. The van der Waals surface area contributed by atoms with Crippen LogP contribution in [0, 0.1) is 6.92 Å². The molecule has 0 amide bonds. The number of aliphatic hydroxyl groups excluding tert-OH is 1. The maximum absolute atomic E-state index is 9.69. The Bertz CT molecular complexity index is 553. The molecule has 0 saturated carbocycles. The van der Waals surface area contributed by atoms with Gasteiger partial charge in [0.1, 0.15) is 0 Å². The minimum absolute atomic E-state index is 0.338. The maximum atomic E-state index is 9.69. The molecule has 1 atom stereocenters. The minimum Gasteiger partial charge on any atom is -0.392 e. The highest BCUT2D eigenvalue weighted by Gasteiger charge is 2.12. The van der Waals surface area contributed by atoms with Gasteiger partial charge in [0.05, 0.1) is 6.10 Å². The molecule has 1 aromatic heterocycles. The number of thiophene rings is 1. The van der Waals surface area contributed by atoms with E-state index in [0.717, 1.165) is 18.1 Å². The summed E-state index contributed by atoms with van der Waals surface area (Å²) in [6, 6.07) is 10.0. The average molecular weight is 310 g/mol. The zero-order chi connectivity index (χ0) is 14.5. The third kappa shape index (κ3) is 4.60. The van der Waals surface area contributed by atoms with Crippen molar-refractivity contribution in [2.24, 2.45) is 0 Å². The van der Waals surface area contributed by atoms with Gasteiger partial charge in [-0.05, 0) is 48.6 Å². The second kappa shape index (κ2) is 7.23. The fraction of sp³-hybridized carbons (Fsp3) is 0.375. The summed E-state index contributed by atoms with van der Waals surface area (Å²) in [5, 5.41) is 12.6. The Hall–Kier alpha value is -0.870. The van der Waals surface area contributed by atoms with Crippen LogP contribution in [0.1, 0.15) is 22.9 Å². The Morgan fingerprint density at radius 2 is 2.10 bits per heavy atom. The SMILES string of the molecule is Cc1ccsc1CN(Cc1cccc(Cl)c1)CC(C)O. The predicted octanol–water partition coefficient (Wildman–Crippen LogP) is 4.09. The van der Waals surface area contributed by atoms with Gasteiger partial charge in [0.2, 0.25) is 0 Å². The lowest BCUT2D eigenvalue weighted by molar-refractivity contribution is 0.118. The van der Waals surface area contributed by atoms with Gasteiger partial charge in [-0.25, -0.2) is 0 Å². The fourth-order valence-corrected chi connectivity index (χ4v) is 3.38. The molecule has 108 valence electrons. The van der Waals surface area contributed by atoms with Crippen molar-refractivity contribution in [1.29, 1.82) is 0 Å². The maximum Gasteiger partial charge on any atom is 0.0639 e. The molecule has 0 aliphatic heterocycles. The lowest BCUT2D eigenvalue weighted by Gasteiger charge is -2.23. The molecule has 1 aromatic carbocycles. The summed E-state index contributed by atoms with van der Waals surface area (Å²) in [5.41, 5.74) is 2.49. The van der Waals surface area contributed by atoms with E-state index in [1.807, 2.05) is 25.1 Å². The molecule has 0 fully saturated rings. The van der Waals surface area contributed by atoms with Crippen LogP contribution in [-0.2, 0) is 13.1 Å². The van der Waals surface area contributed by atoms with Gasteiger partial charge in [-0.15, -0.1) is 11.3 Å². The van der Waals surface area contributed by atoms with Crippen molar-refractivity contribution in [2.75, 3.05) is 6.54 Å². The largest absolute Gasteiger partial charge is 0.392 e. The van der Waals surface area contributed by atoms with E-state index in [1.54, 1.807) is 11.3 Å². The smallest absolute Gasteiger partial charge is 0.0639 e. The van der Waals surface area contributed by atoms with Crippen molar-refractivity contribution in [3.05, 3.63) is 56.7 Å². The molecule has 2 rings (SSSR count). The predicted molar refractivity (Wildman–Crippen MR) is 86.3 cm³/mol. The topological polar surface area (TPSA) is 23.5 Å². The van der Waals surface area contributed by atoms with Crippen molar-refractivity contribution in [3.63, 3.8) is 0 Å². The molecule has 0 aliphatic carbocycles. The van der Waals surface area contributed by atoms with Crippen molar-refractivity contribution in [1.82, 2.24) is 4.90 Å². The van der Waals surface area contributed by atoms with Crippen LogP contribution in [-0.4, -0.2) is 22.7 Å². The Labute approximate surface area is 129 Å². The van der Waals surface area contributed by atoms with Crippen LogP contribution in [0.15, 0.2) is 35.7 Å². The monoisotopic (exact) mass is 309 g/mol. The summed E-state index contributed by atoms with van der Waals surface area (Å²) in [6.45, 7) is 6.27. The fourth-order valence-electron chi connectivity index (χ4n) is 2.22.